The number of aliphatic hydroxyl groups excluding tert-OH is 1. The van der Waals surface area contributed by atoms with Gasteiger partial charge in [0.2, 0.25) is 10.0 Å². The molecule has 0 amide bonds. The number of hydrogen-bond donors (Lipinski definition) is 1. The first-order valence-corrected chi connectivity index (χ1v) is 6.86. The van der Waals surface area contributed by atoms with E-state index in [1.54, 1.807) is 4.31 Å². The molecule has 1 rings (SSSR count). The Morgan fingerprint density at radius 2 is 1.64 bits per heavy atom. The van der Waals surface area contributed by atoms with Crippen molar-refractivity contribution in [2.45, 2.75) is 32.1 Å². The van der Waals surface area contributed by atoms with E-state index in [1.807, 2.05) is 0 Å². The molecule has 0 bridgehead atoms. The minimum atomic E-state index is -3.10. The van der Waals surface area contributed by atoms with Gasteiger partial charge in [0.15, 0.2) is 0 Å². The average Bonchev–Trinajstić information content (AvgIpc) is 2.43. The Hall–Kier alpha value is -0.130. The van der Waals surface area contributed by atoms with Crippen molar-refractivity contribution in [3.63, 3.8) is 0 Å². The van der Waals surface area contributed by atoms with E-state index < -0.39 is 10.0 Å². The Balaban J connectivity index is 2.51. The lowest BCUT2D eigenvalue weighted by molar-refractivity contribution is 0.294. The Labute approximate surface area is 86.0 Å². The second-order valence-corrected chi connectivity index (χ2v) is 5.79. The Morgan fingerprint density at radius 3 is 2.14 bits per heavy atom. The van der Waals surface area contributed by atoms with Gasteiger partial charge in [0.25, 0.3) is 0 Å². The first kappa shape index (κ1) is 11.9. The summed E-state index contributed by atoms with van der Waals surface area (Å²) in [6.07, 6.45) is 4.55. The summed E-state index contributed by atoms with van der Waals surface area (Å²) in [5.74, 6) is 0.0868. The zero-order chi connectivity index (χ0) is 10.4. The number of aliphatic hydroxyl groups is 1. The number of hydrogen-bond acceptors (Lipinski definition) is 3. The van der Waals surface area contributed by atoms with Crippen LogP contribution in [0.25, 0.3) is 0 Å². The molecule has 5 heteroatoms. The van der Waals surface area contributed by atoms with E-state index in [0.717, 1.165) is 25.7 Å². The fourth-order valence-electron chi connectivity index (χ4n) is 1.70. The van der Waals surface area contributed by atoms with Crippen molar-refractivity contribution >= 4 is 10.0 Å². The SMILES string of the molecule is O=S(=O)(CCCO)N1CCCCCC1. The van der Waals surface area contributed by atoms with Crippen LogP contribution in [0.4, 0.5) is 0 Å². The van der Waals surface area contributed by atoms with E-state index in [4.69, 9.17) is 5.11 Å². The Bertz CT molecular complexity index is 243. The third kappa shape index (κ3) is 3.55. The number of nitrogens with zero attached hydrogens (tertiary/aromatic N) is 1. The molecule has 0 aromatic carbocycles. The topological polar surface area (TPSA) is 57.6 Å². The summed E-state index contributed by atoms with van der Waals surface area (Å²) in [6.45, 7) is 1.27. The van der Waals surface area contributed by atoms with Crippen molar-refractivity contribution in [3.8, 4) is 0 Å². The lowest BCUT2D eigenvalue weighted by Crippen LogP contribution is -2.34. The van der Waals surface area contributed by atoms with E-state index in [2.05, 4.69) is 0 Å². The van der Waals surface area contributed by atoms with Crippen LogP contribution in [-0.2, 0) is 10.0 Å². The van der Waals surface area contributed by atoms with Crippen LogP contribution in [-0.4, -0.2) is 43.3 Å². The normalized spacial score (nSPS) is 20.6. The highest BCUT2D eigenvalue weighted by Crippen LogP contribution is 2.13. The molecule has 0 atom stereocenters. The van der Waals surface area contributed by atoms with Gasteiger partial charge in [0.05, 0.1) is 5.75 Å². The maximum Gasteiger partial charge on any atom is 0.214 e. The highest BCUT2D eigenvalue weighted by Gasteiger charge is 2.21. The summed E-state index contributed by atoms with van der Waals surface area (Å²) in [5.41, 5.74) is 0. The third-order valence-corrected chi connectivity index (χ3v) is 4.48. The van der Waals surface area contributed by atoms with Crippen molar-refractivity contribution in [2.24, 2.45) is 0 Å². The molecule has 0 radical (unpaired) electrons. The molecule has 0 unspecified atom stereocenters. The molecule has 0 spiro atoms. The monoisotopic (exact) mass is 221 g/mol. The van der Waals surface area contributed by atoms with Gasteiger partial charge in [-0.05, 0) is 19.3 Å². The zero-order valence-corrected chi connectivity index (χ0v) is 9.30. The van der Waals surface area contributed by atoms with E-state index in [9.17, 15) is 8.42 Å². The van der Waals surface area contributed by atoms with Crippen molar-refractivity contribution in [2.75, 3.05) is 25.4 Å². The van der Waals surface area contributed by atoms with Gasteiger partial charge in [0, 0.05) is 19.7 Å². The molecule has 0 aliphatic carbocycles. The second-order valence-electron chi connectivity index (χ2n) is 3.71. The van der Waals surface area contributed by atoms with Crippen molar-refractivity contribution < 1.29 is 13.5 Å². The third-order valence-electron chi connectivity index (χ3n) is 2.52. The summed E-state index contributed by atoms with van der Waals surface area (Å²) in [5, 5.41) is 8.60. The van der Waals surface area contributed by atoms with E-state index in [1.165, 1.54) is 0 Å². The second kappa shape index (κ2) is 5.68. The summed E-state index contributed by atoms with van der Waals surface area (Å²) in [4.78, 5) is 0. The molecule has 1 aliphatic rings. The van der Waals surface area contributed by atoms with Gasteiger partial charge in [-0.3, -0.25) is 0 Å². The summed E-state index contributed by atoms with van der Waals surface area (Å²) in [7, 11) is -3.10. The fourth-order valence-corrected chi connectivity index (χ4v) is 3.26. The van der Waals surface area contributed by atoms with Gasteiger partial charge in [-0.2, -0.15) is 0 Å². The maximum absolute atomic E-state index is 11.7. The van der Waals surface area contributed by atoms with Crippen molar-refractivity contribution in [1.82, 2.24) is 4.31 Å². The minimum Gasteiger partial charge on any atom is -0.396 e. The van der Waals surface area contributed by atoms with E-state index in [0.29, 0.717) is 19.5 Å². The zero-order valence-electron chi connectivity index (χ0n) is 8.48. The lowest BCUT2D eigenvalue weighted by Gasteiger charge is -2.19. The molecule has 1 fully saturated rings. The standard InChI is InChI=1S/C9H19NO3S/c11-8-5-9-14(12,13)10-6-3-1-2-4-7-10/h11H,1-9H2. The van der Waals surface area contributed by atoms with Gasteiger partial charge >= 0.3 is 0 Å². The van der Waals surface area contributed by atoms with E-state index in [-0.39, 0.29) is 12.4 Å². The smallest absolute Gasteiger partial charge is 0.214 e. The quantitative estimate of drug-likeness (QED) is 0.755. The first-order chi connectivity index (χ1) is 6.67. The summed E-state index contributed by atoms with van der Waals surface area (Å²) in [6, 6.07) is 0. The minimum absolute atomic E-state index is 0.0485. The molecule has 0 saturated carbocycles. The highest BCUT2D eigenvalue weighted by molar-refractivity contribution is 7.89. The van der Waals surface area contributed by atoms with Gasteiger partial charge in [-0.25, -0.2) is 12.7 Å². The summed E-state index contributed by atoms with van der Waals surface area (Å²) >= 11 is 0. The van der Waals surface area contributed by atoms with Crippen LogP contribution in [0.2, 0.25) is 0 Å². The van der Waals surface area contributed by atoms with Crippen LogP contribution in [0, 0.1) is 0 Å². The fraction of sp³-hybridized carbons (Fsp3) is 1.00. The van der Waals surface area contributed by atoms with Crippen LogP contribution in [0.3, 0.4) is 0 Å². The molecule has 14 heavy (non-hydrogen) atoms. The molecule has 84 valence electrons. The van der Waals surface area contributed by atoms with Gasteiger partial charge < -0.3 is 5.11 Å². The van der Waals surface area contributed by atoms with Crippen LogP contribution in [0.15, 0.2) is 0 Å². The largest absolute Gasteiger partial charge is 0.396 e. The lowest BCUT2D eigenvalue weighted by atomic mass is 10.2. The molecule has 1 heterocycles. The number of rotatable bonds is 4. The predicted octanol–water partition coefficient (Wildman–Crippen LogP) is 0.575. The van der Waals surface area contributed by atoms with Crippen LogP contribution in [0.5, 0.6) is 0 Å². The van der Waals surface area contributed by atoms with Gasteiger partial charge in [-0.15, -0.1) is 0 Å². The molecule has 1 N–H and O–H groups in total. The molecule has 0 aromatic heterocycles. The number of sulfonamides is 1. The van der Waals surface area contributed by atoms with Crippen molar-refractivity contribution in [1.29, 1.82) is 0 Å². The maximum atomic E-state index is 11.7. The first-order valence-electron chi connectivity index (χ1n) is 5.25. The van der Waals surface area contributed by atoms with Crippen molar-refractivity contribution in [3.05, 3.63) is 0 Å². The molecule has 1 aliphatic heterocycles. The van der Waals surface area contributed by atoms with E-state index >= 15 is 0 Å². The average molecular weight is 221 g/mol. The van der Waals surface area contributed by atoms with Crippen LogP contribution >= 0.6 is 0 Å². The van der Waals surface area contributed by atoms with Gasteiger partial charge in [0.1, 0.15) is 0 Å². The Morgan fingerprint density at radius 1 is 1.07 bits per heavy atom. The molecule has 4 nitrogen and oxygen atoms in total. The predicted molar refractivity (Wildman–Crippen MR) is 55.5 cm³/mol. The summed E-state index contributed by atoms with van der Waals surface area (Å²) < 4.78 is 25.0. The molecule has 1 saturated heterocycles. The Kier molecular flexibility index (Phi) is 4.84. The molecular formula is C9H19NO3S. The van der Waals surface area contributed by atoms with Crippen LogP contribution in [0.1, 0.15) is 32.1 Å². The highest BCUT2D eigenvalue weighted by atomic mass is 32.2. The van der Waals surface area contributed by atoms with Crippen LogP contribution < -0.4 is 0 Å². The molecule has 0 aromatic rings. The van der Waals surface area contributed by atoms with Gasteiger partial charge in [-0.1, -0.05) is 12.8 Å². The molecular weight excluding hydrogens is 202 g/mol.